The molecule has 1 aromatic carbocycles. The molecule has 1 aliphatic heterocycles. The number of carbonyl (C=O) groups excluding carboxylic acids is 1. The number of hydrogen-bond acceptors (Lipinski definition) is 3. The van der Waals surface area contributed by atoms with Crippen LogP contribution in [0.15, 0.2) is 47.4 Å². The molecule has 0 aromatic heterocycles. The number of rotatable bonds is 5. The van der Waals surface area contributed by atoms with Gasteiger partial charge in [-0.05, 0) is 30.5 Å². The van der Waals surface area contributed by atoms with E-state index in [1.165, 1.54) is 16.0 Å². The summed E-state index contributed by atoms with van der Waals surface area (Å²) >= 11 is 1.78. The van der Waals surface area contributed by atoms with Crippen molar-refractivity contribution >= 4 is 23.7 Å². The summed E-state index contributed by atoms with van der Waals surface area (Å²) in [6.45, 7) is 7.93. The quantitative estimate of drug-likeness (QED) is 0.647. The summed E-state index contributed by atoms with van der Waals surface area (Å²) in [6.07, 6.45) is 4.65. The molecule has 2 unspecified atom stereocenters. The summed E-state index contributed by atoms with van der Waals surface area (Å²) < 4.78 is 0. The van der Waals surface area contributed by atoms with Crippen molar-refractivity contribution in [2.24, 2.45) is 5.92 Å². The van der Waals surface area contributed by atoms with Gasteiger partial charge in [0.1, 0.15) is 0 Å². The van der Waals surface area contributed by atoms with E-state index in [4.69, 9.17) is 0 Å². The van der Waals surface area contributed by atoms with Crippen LogP contribution in [0.2, 0.25) is 0 Å². The number of amides is 1. The average Bonchev–Trinajstić information content (AvgIpc) is 2.46. The fourth-order valence-corrected chi connectivity index (χ4v) is 3.13. The molecule has 1 fully saturated rings. The zero-order valence-corrected chi connectivity index (χ0v) is 13.4. The van der Waals surface area contributed by atoms with Gasteiger partial charge in [-0.2, -0.15) is 0 Å². The van der Waals surface area contributed by atoms with Crippen molar-refractivity contribution in [2.45, 2.75) is 31.2 Å². The molecule has 1 heterocycles. The van der Waals surface area contributed by atoms with Crippen LogP contribution in [0.4, 0.5) is 0 Å². The molecule has 4 heteroatoms. The Kier molecular flexibility index (Phi) is 5.65. The standard InChI is InChI=1S/C17H22N2OS/c1-4-9-21-15-7-5-14(6-8-15)10-12(2)17-13(3)11-16(20)18-19-17/h4-8,10,13,17,19H,1,9,11H2,2-3H3,(H,18,20)/b12-10+. The smallest absolute Gasteiger partial charge is 0.234 e. The zero-order chi connectivity index (χ0) is 15.2. The van der Waals surface area contributed by atoms with E-state index in [1.807, 2.05) is 6.08 Å². The summed E-state index contributed by atoms with van der Waals surface area (Å²) in [4.78, 5) is 12.6. The lowest BCUT2D eigenvalue weighted by Crippen LogP contribution is -2.53. The number of hydrazine groups is 1. The summed E-state index contributed by atoms with van der Waals surface area (Å²) in [5.74, 6) is 1.30. The van der Waals surface area contributed by atoms with E-state index in [-0.39, 0.29) is 11.9 Å². The second kappa shape index (κ2) is 7.48. The number of benzene rings is 1. The second-order valence-corrected chi connectivity index (χ2v) is 6.50. The molecule has 2 rings (SSSR count). The molecule has 1 aromatic rings. The Morgan fingerprint density at radius 1 is 1.43 bits per heavy atom. The van der Waals surface area contributed by atoms with Crippen LogP contribution in [-0.4, -0.2) is 17.7 Å². The molecule has 21 heavy (non-hydrogen) atoms. The average molecular weight is 302 g/mol. The first-order valence-electron chi connectivity index (χ1n) is 7.16. The third-order valence-corrected chi connectivity index (χ3v) is 4.58. The zero-order valence-electron chi connectivity index (χ0n) is 12.6. The number of hydrogen-bond donors (Lipinski definition) is 2. The molecular formula is C17H22N2OS. The number of nitrogens with one attached hydrogen (secondary N) is 2. The van der Waals surface area contributed by atoms with Crippen LogP contribution in [0, 0.1) is 5.92 Å². The van der Waals surface area contributed by atoms with Crippen molar-refractivity contribution in [3.63, 3.8) is 0 Å². The Labute approximate surface area is 130 Å². The predicted octanol–water partition coefficient (Wildman–Crippen LogP) is 3.40. The molecule has 1 amide bonds. The first-order valence-corrected chi connectivity index (χ1v) is 8.15. The lowest BCUT2D eigenvalue weighted by Gasteiger charge is -2.30. The minimum atomic E-state index is 0.0650. The van der Waals surface area contributed by atoms with Gasteiger partial charge in [0.2, 0.25) is 5.91 Å². The van der Waals surface area contributed by atoms with E-state index in [2.05, 4.69) is 61.6 Å². The number of thioether (sulfide) groups is 1. The minimum absolute atomic E-state index is 0.0650. The van der Waals surface area contributed by atoms with E-state index in [1.54, 1.807) is 11.8 Å². The highest BCUT2D eigenvalue weighted by atomic mass is 32.2. The van der Waals surface area contributed by atoms with Crippen LogP contribution in [0.3, 0.4) is 0 Å². The third kappa shape index (κ3) is 4.48. The predicted molar refractivity (Wildman–Crippen MR) is 89.9 cm³/mol. The molecule has 2 N–H and O–H groups in total. The minimum Gasteiger partial charge on any atom is -0.291 e. The van der Waals surface area contributed by atoms with Crippen LogP contribution in [-0.2, 0) is 4.79 Å². The maximum Gasteiger partial charge on any atom is 0.234 e. The Balaban J connectivity index is 2.04. The monoisotopic (exact) mass is 302 g/mol. The first-order chi connectivity index (χ1) is 10.1. The van der Waals surface area contributed by atoms with Gasteiger partial charge in [0.15, 0.2) is 0 Å². The highest BCUT2D eigenvalue weighted by molar-refractivity contribution is 7.99. The second-order valence-electron chi connectivity index (χ2n) is 5.41. The van der Waals surface area contributed by atoms with Gasteiger partial charge in [0, 0.05) is 17.1 Å². The van der Waals surface area contributed by atoms with Crippen LogP contribution >= 0.6 is 11.8 Å². The normalized spacial score (nSPS) is 22.8. The van der Waals surface area contributed by atoms with Crippen molar-refractivity contribution in [1.29, 1.82) is 0 Å². The Morgan fingerprint density at radius 3 is 2.76 bits per heavy atom. The van der Waals surface area contributed by atoms with Gasteiger partial charge in [-0.15, -0.1) is 18.3 Å². The summed E-state index contributed by atoms with van der Waals surface area (Å²) in [6, 6.07) is 8.71. The Morgan fingerprint density at radius 2 is 2.14 bits per heavy atom. The van der Waals surface area contributed by atoms with Crippen LogP contribution in [0.5, 0.6) is 0 Å². The van der Waals surface area contributed by atoms with Gasteiger partial charge in [-0.3, -0.25) is 10.2 Å². The SMILES string of the molecule is C=CCSc1ccc(/C=C(\C)C2NNC(=O)CC2C)cc1. The molecule has 112 valence electrons. The fourth-order valence-electron chi connectivity index (χ4n) is 2.49. The molecule has 1 saturated heterocycles. The summed E-state index contributed by atoms with van der Waals surface area (Å²) in [5, 5.41) is 0. The highest BCUT2D eigenvalue weighted by Gasteiger charge is 2.26. The van der Waals surface area contributed by atoms with Crippen molar-refractivity contribution in [3.8, 4) is 0 Å². The van der Waals surface area contributed by atoms with Crippen molar-refractivity contribution in [1.82, 2.24) is 10.9 Å². The van der Waals surface area contributed by atoms with Crippen LogP contribution in [0.25, 0.3) is 6.08 Å². The van der Waals surface area contributed by atoms with Gasteiger partial charge in [0.25, 0.3) is 0 Å². The molecule has 3 nitrogen and oxygen atoms in total. The molecule has 0 radical (unpaired) electrons. The highest BCUT2D eigenvalue weighted by Crippen LogP contribution is 2.22. The molecular weight excluding hydrogens is 280 g/mol. The summed E-state index contributed by atoms with van der Waals surface area (Å²) in [5.41, 5.74) is 8.23. The van der Waals surface area contributed by atoms with E-state index in [0.29, 0.717) is 12.3 Å². The van der Waals surface area contributed by atoms with E-state index < -0.39 is 0 Å². The van der Waals surface area contributed by atoms with Gasteiger partial charge in [-0.25, -0.2) is 5.43 Å². The molecule has 1 aliphatic rings. The topological polar surface area (TPSA) is 41.1 Å². The summed E-state index contributed by atoms with van der Waals surface area (Å²) in [7, 11) is 0. The molecule has 0 bridgehead atoms. The molecule has 0 aliphatic carbocycles. The van der Waals surface area contributed by atoms with Crippen molar-refractivity contribution < 1.29 is 4.79 Å². The molecule has 0 saturated carbocycles. The third-order valence-electron chi connectivity index (χ3n) is 3.58. The van der Waals surface area contributed by atoms with Crippen LogP contribution in [0.1, 0.15) is 25.8 Å². The van der Waals surface area contributed by atoms with E-state index in [9.17, 15) is 4.79 Å². The Hall–Kier alpha value is -1.52. The maximum atomic E-state index is 11.3. The Bertz CT molecular complexity index is 536. The van der Waals surface area contributed by atoms with Crippen LogP contribution < -0.4 is 10.9 Å². The lowest BCUT2D eigenvalue weighted by atomic mass is 9.90. The lowest BCUT2D eigenvalue weighted by molar-refractivity contribution is -0.125. The number of carbonyl (C=O) groups is 1. The first kappa shape index (κ1) is 15.9. The molecule has 2 atom stereocenters. The van der Waals surface area contributed by atoms with Crippen molar-refractivity contribution in [3.05, 3.63) is 48.1 Å². The van der Waals surface area contributed by atoms with Gasteiger partial charge < -0.3 is 0 Å². The van der Waals surface area contributed by atoms with Gasteiger partial charge in [-0.1, -0.05) is 36.8 Å². The van der Waals surface area contributed by atoms with E-state index >= 15 is 0 Å². The maximum absolute atomic E-state index is 11.3. The van der Waals surface area contributed by atoms with E-state index in [0.717, 1.165) is 5.75 Å². The van der Waals surface area contributed by atoms with Gasteiger partial charge in [0.05, 0.1) is 6.04 Å². The van der Waals surface area contributed by atoms with Crippen molar-refractivity contribution in [2.75, 3.05) is 5.75 Å². The molecule has 0 spiro atoms. The van der Waals surface area contributed by atoms with Gasteiger partial charge >= 0.3 is 0 Å². The largest absolute Gasteiger partial charge is 0.291 e. The fraction of sp³-hybridized carbons (Fsp3) is 0.353.